The van der Waals surface area contributed by atoms with Crippen molar-refractivity contribution in [2.45, 2.75) is 39.9 Å². The molecule has 0 aliphatic heterocycles. The number of aromatic nitrogens is 2. The van der Waals surface area contributed by atoms with Gasteiger partial charge < -0.3 is 14.2 Å². The van der Waals surface area contributed by atoms with Crippen molar-refractivity contribution in [1.29, 1.82) is 0 Å². The van der Waals surface area contributed by atoms with E-state index < -0.39 is 0 Å². The lowest BCUT2D eigenvalue weighted by Gasteiger charge is -2.17. The van der Waals surface area contributed by atoms with Crippen LogP contribution in [0.15, 0.2) is 30.5 Å². The molecular weight excluding hydrogens is 328 g/mol. The summed E-state index contributed by atoms with van der Waals surface area (Å²) in [7, 11) is 0. The van der Waals surface area contributed by atoms with Gasteiger partial charge in [0, 0.05) is 17.8 Å². The Morgan fingerprint density at radius 3 is 2.75 bits per heavy atom. The fourth-order valence-electron chi connectivity index (χ4n) is 2.06. The van der Waals surface area contributed by atoms with Gasteiger partial charge in [-0.15, -0.1) is 5.10 Å². The van der Waals surface area contributed by atoms with Gasteiger partial charge in [0.1, 0.15) is 12.4 Å². The minimum Gasteiger partial charge on any atom is -0.491 e. The van der Waals surface area contributed by atoms with Crippen LogP contribution in [0.3, 0.4) is 0 Å². The zero-order chi connectivity index (χ0) is 17.5. The molecule has 0 atom stereocenters. The molecule has 24 heavy (non-hydrogen) atoms. The molecule has 7 heteroatoms. The van der Waals surface area contributed by atoms with Gasteiger partial charge in [0.25, 0.3) is 0 Å². The fourth-order valence-corrected chi connectivity index (χ4v) is 2.22. The highest BCUT2D eigenvalue weighted by molar-refractivity contribution is 7.78. The second-order valence-electron chi connectivity index (χ2n) is 5.45. The van der Waals surface area contributed by atoms with Gasteiger partial charge in [0.2, 0.25) is 5.88 Å². The van der Waals surface area contributed by atoms with E-state index in [0.29, 0.717) is 29.4 Å². The van der Waals surface area contributed by atoms with Crippen LogP contribution >= 0.6 is 12.8 Å². The molecule has 2 rings (SSSR count). The molecule has 1 aromatic heterocycles. The molecule has 130 valence electrons. The van der Waals surface area contributed by atoms with Gasteiger partial charge >= 0.3 is 5.97 Å². The monoisotopic (exact) mass is 350 g/mol. The third-order valence-electron chi connectivity index (χ3n) is 3.07. The first-order chi connectivity index (χ1) is 11.5. The zero-order valence-corrected chi connectivity index (χ0v) is 15.0. The van der Waals surface area contributed by atoms with E-state index in [2.05, 4.69) is 17.9 Å². The molecule has 0 spiro atoms. The smallest absolute Gasteiger partial charge is 0.338 e. The first-order valence-electron chi connectivity index (χ1n) is 7.84. The molecule has 0 bridgehead atoms. The summed E-state index contributed by atoms with van der Waals surface area (Å²) in [6.45, 7) is 6.32. The van der Waals surface area contributed by atoms with Crippen LogP contribution in [0, 0.1) is 0 Å². The van der Waals surface area contributed by atoms with E-state index >= 15 is 0 Å². The summed E-state index contributed by atoms with van der Waals surface area (Å²) >= 11 is 4.07. The van der Waals surface area contributed by atoms with Crippen LogP contribution in [0.25, 0.3) is 0 Å². The molecule has 0 aliphatic rings. The predicted molar refractivity (Wildman–Crippen MR) is 93.7 cm³/mol. The molecule has 0 fully saturated rings. The third-order valence-corrected chi connectivity index (χ3v) is 3.29. The lowest BCUT2D eigenvalue weighted by Crippen LogP contribution is -2.14. The van der Waals surface area contributed by atoms with Crippen LogP contribution in [0.2, 0.25) is 0 Å². The average molecular weight is 350 g/mol. The maximum atomic E-state index is 12.3. The molecule has 1 aromatic carbocycles. The van der Waals surface area contributed by atoms with Crippen molar-refractivity contribution >= 4 is 18.8 Å². The number of benzene rings is 1. The van der Waals surface area contributed by atoms with Crippen molar-refractivity contribution in [2.75, 3.05) is 6.61 Å². The molecule has 6 nitrogen and oxygen atoms in total. The van der Waals surface area contributed by atoms with E-state index in [1.54, 1.807) is 24.4 Å². The lowest BCUT2D eigenvalue weighted by atomic mass is 10.1. The maximum Gasteiger partial charge on any atom is 0.338 e. The van der Waals surface area contributed by atoms with Crippen molar-refractivity contribution in [3.05, 3.63) is 41.6 Å². The van der Waals surface area contributed by atoms with E-state index in [1.165, 1.54) is 4.09 Å². The summed E-state index contributed by atoms with van der Waals surface area (Å²) in [6, 6.07) is 6.98. The summed E-state index contributed by atoms with van der Waals surface area (Å²) in [5, 5.41) is 4.04. The number of carbonyl (C=O) groups excluding carboxylic acids is 1. The highest BCUT2D eigenvalue weighted by Crippen LogP contribution is 2.26. The van der Waals surface area contributed by atoms with Gasteiger partial charge in [-0.1, -0.05) is 13.0 Å². The quantitative estimate of drug-likeness (QED) is 0.583. The summed E-state index contributed by atoms with van der Waals surface area (Å²) < 4.78 is 18.1. The highest BCUT2D eigenvalue weighted by atomic mass is 32.1. The van der Waals surface area contributed by atoms with Gasteiger partial charge in [0.05, 0.1) is 18.3 Å². The van der Waals surface area contributed by atoms with Crippen molar-refractivity contribution in [2.24, 2.45) is 0 Å². The van der Waals surface area contributed by atoms with Crippen LogP contribution in [0.1, 0.15) is 43.1 Å². The number of hydrogen-bond donors (Lipinski definition) is 1. The van der Waals surface area contributed by atoms with E-state index in [9.17, 15) is 4.79 Å². The van der Waals surface area contributed by atoms with Crippen LogP contribution in [-0.4, -0.2) is 27.9 Å². The Kier molecular flexibility index (Phi) is 6.54. The first kappa shape index (κ1) is 18.2. The maximum absolute atomic E-state index is 12.3. The Morgan fingerprint density at radius 2 is 2.12 bits per heavy atom. The number of carbonyl (C=O) groups is 1. The normalized spacial score (nSPS) is 10.7. The van der Waals surface area contributed by atoms with Crippen LogP contribution in [0.5, 0.6) is 11.6 Å². The third kappa shape index (κ3) is 4.92. The van der Waals surface area contributed by atoms with Crippen molar-refractivity contribution in [1.82, 2.24) is 9.19 Å². The van der Waals surface area contributed by atoms with Gasteiger partial charge in [-0.2, -0.15) is 0 Å². The Morgan fingerprint density at radius 1 is 1.33 bits per heavy atom. The molecule has 0 N–H and O–H groups in total. The number of nitrogens with zero attached hydrogens (tertiary/aromatic N) is 2. The molecular formula is C17H22N2O4S. The predicted octanol–water partition coefficient (Wildman–Crippen LogP) is 3.51. The van der Waals surface area contributed by atoms with Crippen LogP contribution in [0.4, 0.5) is 0 Å². The molecule has 2 aromatic rings. The molecule has 0 saturated carbocycles. The SMILES string of the molecule is CCCOC(=O)c1cccc(OC(C)C)c1COc1ccn(S)n1. The summed E-state index contributed by atoms with van der Waals surface area (Å²) in [5.41, 5.74) is 1.08. The Labute approximate surface area is 147 Å². The molecule has 0 saturated heterocycles. The zero-order valence-electron chi connectivity index (χ0n) is 14.1. The summed E-state index contributed by atoms with van der Waals surface area (Å²) in [5.74, 6) is 0.628. The highest BCUT2D eigenvalue weighted by Gasteiger charge is 2.18. The van der Waals surface area contributed by atoms with Gasteiger partial charge in [-0.05, 0) is 45.2 Å². The summed E-state index contributed by atoms with van der Waals surface area (Å²) in [6.07, 6.45) is 2.40. The van der Waals surface area contributed by atoms with Gasteiger partial charge in [-0.3, -0.25) is 0 Å². The minimum absolute atomic E-state index is 0.0256. The van der Waals surface area contributed by atoms with Crippen molar-refractivity contribution in [3.63, 3.8) is 0 Å². The topological polar surface area (TPSA) is 62.6 Å². The molecule has 0 amide bonds. The van der Waals surface area contributed by atoms with Crippen molar-refractivity contribution < 1.29 is 19.0 Å². The van der Waals surface area contributed by atoms with E-state index in [4.69, 9.17) is 14.2 Å². The molecule has 0 radical (unpaired) electrons. The average Bonchev–Trinajstić information content (AvgIpc) is 2.96. The number of esters is 1. The number of ether oxygens (including phenoxy) is 3. The standard InChI is InChI=1S/C17H22N2O4S/c1-4-10-21-17(20)13-6-5-7-15(23-12(2)3)14(13)11-22-16-8-9-19(24)18-16/h5-9,12,24H,4,10-11H2,1-3H3. The second-order valence-corrected chi connectivity index (χ2v) is 5.86. The number of rotatable bonds is 8. The van der Waals surface area contributed by atoms with Crippen LogP contribution < -0.4 is 9.47 Å². The molecule has 1 heterocycles. The number of thiol groups is 1. The first-order valence-corrected chi connectivity index (χ1v) is 8.24. The fraction of sp³-hybridized carbons (Fsp3) is 0.412. The lowest BCUT2D eigenvalue weighted by molar-refractivity contribution is 0.0501. The molecule has 0 unspecified atom stereocenters. The minimum atomic E-state index is -0.385. The van der Waals surface area contributed by atoms with E-state index in [0.717, 1.165) is 6.42 Å². The summed E-state index contributed by atoms with van der Waals surface area (Å²) in [4.78, 5) is 12.3. The largest absolute Gasteiger partial charge is 0.491 e. The Bertz CT molecular complexity index is 685. The van der Waals surface area contributed by atoms with E-state index in [1.807, 2.05) is 26.8 Å². The van der Waals surface area contributed by atoms with Crippen LogP contribution in [-0.2, 0) is 11.3 Å². The van der Waals surface area contributed by atoms with Crippen molar-refractivity contribution in [3.8, 4) is 11.6 Å². The Hall–Kier alpha value is -2.15. The van der Waals surface area contributed by atoms with Gasteiger partial charge in [0.15, 0.2) is 0 Å². The van der Waals surface area contributed by atoms with E-state index in [-0.39, 0.29) is 18.7 Å². The Balaban J connectivity index is 2.26. The molecule has 0 aliphatic carbocycles. The second kappa shape index (κ2) is 8.63. The van der Waals surface area contributed by atoms with Gasteiger partial charge in [-0.25, -0.2) is 8.88 Å². The number of hydrogen-bond acceptors (Lipinski definition) is 6.